The van der Waals surface area contributed by atoms with Gasteiger partial charge >= 0.3 is 6.18 Å². The molecule has 1 aromatic heterocycles. The van der Waals surface area contributed by atoms with Crippen LogP contribution >= 0.6 is 11.6 Å². The van der Waals surface area contributed by atoms with Gasteiger partial charge in [0.1, 0.15) is 11.6 Å². The zero-order valence-corrected chi connectivity index (χ0v) is 17.8. The first-order valence-corrected chi connectivity index (χ1v) is 9.72. The second-order valence-corrected chi connectivity index (χ2v) is 7.38. The Hall–Kier alpha value is -3.60. The lowest BCUT2D eigenvalue weighted by Crippen LogP contribution is -2.17. The van der Waals surface area contributed by atoms with Gasteiger partial charge in [-0.15, -0.1) is 0 Å². The van der Waals surface area contributed by atoms with Gasteiger partial charge in [-0.05, 0) is 38.1 Å². The molecule has 0 aliphatic rings. The number of hydrogen-bond donors (Lipinski definition) is 2. The van der Waals surface area contributed by atoms with Crippen LogP contribution in [0, 0.1) is 5.82 Å². The number of H-pyrrole nitrogens is 1. The smallest absolute Gasteiger partial charge is 0.417 e. The third-order valence-electron chi connectivity index (χ3n) is 4.03. The average Bonchev–Trinajstić information content (AvgIpc) is 2.69. The van der Waals surface area contributed by atoms with Crippen LogP contribution in [0.5, 0.6) is 17.2 Å². The number of rotatable bonds is 6. The number of carbonyl (C=O) groups excluding carboxylic acids is 1. The van der Waals surface area contributed by atoms with Crippen LogP contribution in [-0.2, 0) is 6.18 Å². The van der Waals surface area contributed by atoms with Crippen LogP contribution in [0.4, 0.5) is 23.2 Å². The van der Waals surface area contributed by atoms with Crippen LogP contribution in [0.3, 0.4) is 0 Å². The number of aromatic amines is 1. The fraction of sp³-hybridized carbons (Fsp3) is 0.190. The normalized spacial score (nSPS) is 11.4. The van der Waals surface area contributed by atoms with Crippen molar-refractivity contribution in [1.29, 1.82) is 0 Å². The number of amides is 1. The number of ether oxygens (including phenoxy) is 2. The Morgan fingerprint density at radius 3 is 2.48 bits per heavy atom. The minimum Gasteiger partial charge on any atom is -0.487 e. The van der Waals surface area contributed by atoms with Gasteiger partial charge in [0.2, 0.25) is 0 Å². The van der Waals surface area contributed by atoms with E-state index in [-0.39, 0.29) is 22.7 Å². The summed E-state index contributed by atoms with van der Waals surface area (Å²) in [6.07, 6.45) is -4.13. The zero-order chi connectivity index (χ0) is 24.3. The van der Waals surface area contributed by atoms with E-state index in [1.54, 1.807) is 13.8 Å². The molecule has 0 spiro atoms. The van der Waals surface area contributed by atoms with Crippen LogP contribution in [0.25, 0.3) is 0 Å². The number of hydrogen-bond acceptors (Lipinski definition) is 5. The van der Waals surface area contributed by atoms with Crippen molar-refractivity contribution < 1.29 is 31.8 Å². The Kier molecular flexibility index (Phi) is 6.92. The Labute approximate surface area is 189 Å². The molecule has 1 amide bonds. The van der Waals surface area contributed by atoms with Gasteiger partial charge < -0.3 is 14.8 Å². The summed E-state index contributed by atoms with van der Waals surface area (Å²) in [7, 11) is 0. The van der Waals surface area contributed by atoms with E-state index in [1.165, 1.54) is 0 Å². The van der Waals surface area contributed by atoms with Crippen LogP contribution in [0.1, 0.15) is 29.8 Å². The number of nitrogens with zero attached hydrogens (tertiary/aromatic N) is 1. The Morgan fingerprint density at radius 2 is 1.85 bits per heavy atom. The van der Waals surface area contributed by atoms with Crippen LogP contribution in [0.2, 0.25) is 5.02 Å². The predicted molar refractivity (Wildman–Crippen MR) is 112 cm³/mol. The van der Waals surface area contributed by atoms with E-state index in [0.717, 1.165) is 36.5 Å². The molecular weight excluding hydrogens is 470 g/mol. The molecule has 0 aliphatic carbocycles. The molecule has 0 fully saturated rings. The number of benzene rings is 2. The molecule has 1 heterocycles. The highest BCUT2D eigenvalue weighted by Crippen LogP contribution is 2.41. The van der Waals surface area contributed by atoms with E-state index in [2.05, 4.69) is 15.5 Å². The van der Waals surface area contributed by atoms with E-state index in [1.807, 2.05) is 0 Å². The van der Waals surface area contributed by atoms with Gasteiger partial charge in [-0.1, -0.05) is 11.6 Å². The lowest BCUT2D eigenvalue weighted by Gasteiger charge is -2.18. The van der Waals surface area contributed by atoms with Crippen molar-refractivity contribution >= 4 is 23.2 Å². The highest BCUT2D eigenvalue weighted by atomic mass is 35.5. The first-order chi connectivity index (χ1) is 15.4. The Bertz CT molecular complexity index is 1240. The second kappa shape index (κ2) is 9.49. The highest BCUT2D eigenvalue weighted by molar-refractivity contribution is 6.32. The molecule has 174 valence electrons. The fourth-order valence-corrected chi connectivity index (χ4v) is 2.98. The van der Waals surface area contributed by atoms with Crippen molar-refractivity contribution in [3.05, 3.63) is 74.9 Å². The molecule has 12 heteroatoms. The maximum atomic E-state index is 13.7. The lowest BCUT2D eigenvalue weighted by molar-refractivity contribution is -0.137. The summed E-state index contributed by atoms with van der Waals surface area (Å²) in [6.45, 7) is 3.32. The van der Waals surface area contributed by atoms with Crippen molar-refractivity contribution in [2.24, 2.45) is 0 Å². The summed E-state index contributed by atoms with van der Waals surface area (Å²) >= 11 is 5.78. The molecule has 0 saturated carbocycles. The summed E-state index contributed by atoms with van der Waals surface area (Å²) in [5, 5.41) is 7.22. The lowest BCUT2D eigenvalue weighted by atomic mass is 10.1. The fourth-order valence-electron chi connectivity index (χ4n) is 2.71. The number of anilines is 1. The Balaban J connectivity index is 2.09. The third-order valence-corrected chi connectivity index (χ3v) is 4.34. The molecule has 0 saturated heterocycles. The van der Waals surface area contributed by atoms with Crippen molar-refractivity contribution in [1.82, 2.24) is 10.2 Å². The van der Waals surface area contributed by atoms with E-state index in [4.69, 9.17) is 21.1 Å². The van der Waals surface area contributed by atoms with Gasteiger partial charge in [0, 0.05) is 12.1 Å². The molecule has 3 aromatic rings. The molecule has 0 aliphatic heterocycles. The van der Waals surface area contributed by atoms with Gasteiger partial charge in [-0.25, -0.2) is 9.49 Å². The SMILES string of the molecule is CC(C)Oc1cc(F)ccc1Oc1cc(C(F)(F)F)c(Cl)cc1C(=O)Nc1cn[nH]c(=O)c1. The number of halogens is 5. The minimum absolute atomic E-state index is 0.0173. The molecule has 2 aromatic carbocycles. The highest BCUT2D eigenvalue weighted by Gasteiger charge is 2.35. The van der Waals surface area contributed by atoms with Gasteiger partial charge in [-0.3, -0.25) is 9.59 Å². The minimum atomic E-state index is -4.85. The summed E-state index contributed by atoms with van der Waals surface area (Å²) in [4.78, 5) is 24.2. The summed E-state index contributed by atoms with van der Waals surface area (Å²) in [6, 6.07) is 5.52. The largest absolute Gasteiger partial charge is 0.487 e. The standard InChI is InChI=1S/C21H16ClF4N3O4/c1-10(2)32-18-5-11(23)3-4-16(18)33-17-8-14(21(24,25)26)15(22)7-13(17)20(31)28-12-6-19(30)29-27-9-12/h3-10H,1-2H3,(H2,28,29,30,31). The predicted octanol–water partition coefficient (Wildman–Crippen LogP) is 5.41. The van der Waals surface area contributed by atoms with Crippen molar-refractivity contribution in [2.45, 2.75) is 26.1 Å². The number of carbonyl (C=O) groups is 1. The van der Waals surface area contributed by atoms with Crippen LogP contribution in [-0.4, -0.2) is 22.2 Å². The summed E-state index contributed by atoms with van der Waals surface area (Å²) < 4.78 is 65.0. The maximum Gasteiger partial charge on any atom is 0.417 e. The number of alkyl halides is 3. The van der Waals surface area contributed by atoms with E-state index < -0.39 is 45.9 Å². The average molecular weight is 486 g/mol. The molecule has 0 atom stereocenters. The monoisotopic (exact) mass is 485 g/mol. The molecule has 0 radical (unpaired) electrons. The number of nitrogens with one attached hydrogen (secondary N) is 2. The zero-order valence-electron chi connectivity index (χ0n) is 17.1. The van der Waals surface area contributed by atoms with E-state index in [9.17, 15) is 27.2 Å². The van der Waals surface area contributed by atoms with Crippen LogP contribution < -0.4 is 20.3 Å². The van der Waals surface area contributed by atoms with Crippen LogP contribution in [0.15, 0.2) is 47.4 Å². The molecule has 3 rings (SSSR count). The molecule has 0 unspecified atom stereocenters. The second-order valence-electron chi connectivity index (χ2n) is 6.97. The van der Waals surface area contributed by atoms with Crippen molar-refractivity contribution in [3.63, 3.8) is 0 Å². The first-order valence-electron chi connectivity index (χ1n) is 9.35. The van der Waals surface area contributed by atoms with Gasteiger partial charge in [0.25, 0.3) is 11.5 Å². The Morgan fingerprint density at radius 1 is 1.12 bits per heavy atom. The molecule has 2 N–H and O–H groups in total. The van der Waals surface area contributed by atoms with Crippen molar-refractivity contribution in [3.8, 4) is 17.2 Å². The summed E-state index contributed by atoms with van der Waals surface area (Å²) in [5.74, 6) is -2.33. The third kappa shape index (κ3) is 6.01. The van der Waals surface area contributed by atoms with E-state index in [0.29, 0.717) is 6.07 Å². The van der Waals surface area contributed by atoms with Gasteiger partial charge in [-0.2, -0.15) is 18.3 Å². The van der Waals surface area contributed by atoms with Gasteiger partial charge in [0.05, 0.1) is 34.1 Å². The van der Waals surface area contributed by atoms with E-state index >= 15 is 0 Å². The molecule has 33 heavy (non-hydrogen) atoms. The topological polar surface area (TPSA) is 93.3 Å². The summed E-state index contributed by atoms with van der Waals surface area (Å²) in [5.41, 5.74) is -2.26. The maximum absolute atomic E-state index is 13.7. The molecule has 7 nitrogen and oxygen atoms in total. The first kappa shape index (κ1) is 24.1. The quantitative estimate of drug-likeness (QED) is 0.455. The van der Waals surface area contributed by atoms with Gasteiger partial charge in [0.15, 0.2) is 11.5 Å². The number of aromatic nitrogens is 2. The molecule has 0 bridgehead atoms. The van der Waals surface area contributed by atoms with Crippen molar-refractivity contribution in [2.75, 3.05) is 5.32 Å². The molecular formula is C21H16ClF4N3O4.